The number of non-ortho nitro benzene ring substituents is 1. The van der Waals surface area contributed by atoms with Gasteiger partial charge in [-0.1, -0.05) is 0 Å². The highest BCUT2D eigenvalue weighted by Gasteiger charge is 2.20. The minimum Gasteiger partial charge on any atom is -0.496 e. The van der Waals surface area contributed by atoms with Gasteiger partial charge in [0, 0.05) is 19.7 Å². The molecule has 0 saturated carbocycles. The fourth-order valence-corrected chi connectivity index (χ4v) is 1.66. The molecule has 104 valence electrons. The van der Waals surface area contributed by atoms with Gasteiger partial charge in [0.05, 0.1) is 29.8 Å². The number of aliphatic hydroxyl groups is 1. The van der Waals surface area contributed by atoms with Gasteiger partial charge in [-0.25, -0.2) is 0 Å². The Hall–Kier alpha value is -2.15. The normalized spacial score (nSPS) is 11.8. The lowest BCUT2D eigenvalue weighted by Crippen LogP contribution is -2.33. The highest BCUT2D eigenvalue weighted by molar-refractivity contribution is 5.97. The number of benzene rings is 1. The highest BCUT2D eigenvalue weighted by atomic mass is 16.6. The van der Waals surface area contributed by atoms with Crippen molar-refractivity contribution >= 4 is 11.6 Å². The summed E-state index contributed by atoms with van der Waals surface area (Å²) in [5, 5.41) is 19.9. The van der Waals surface area contributed by atoms with Crippen molar-refractivity contribution in [3.8, 4) is 5.75 Å². The summed E-state index contributed by atoms with van der Waals surface area (Å²) in [6.07, 6.45) is -0.655. The molecule has 7 nitrogen and oxygen atoms in total. The van der Waals surface area contributed by atoms with Crippen molar-refractivity contribution in [3.05, 3.63) is 33.9 Å². The number of carbonyl (C=O) groups excluding carboxylic acids is 1. The van der Waals surface area contributed by atoms with E-state index < -0.39 is 11.0 Å². The summed E-state index contributed by atoms with van der Waals surface area (Å²) >= 11 is 0. The van der Waals surface area contributed by atoms with E-state index >= 15 is 0 Å². The van der Waals surface area contributed by atoms with E-state index in [1.54, 1.807) is 6.92 Å². The fraction of sp³-hybridized carbons (Fsp3) is 0.417. The predicted octanol–water partition coefficient (Wildman–Crippen LogP) is 1.06. The zero-order valence-corrected chi connectivity index (χ0v) is 11.0. The van der Waals surface area contributed by atoms with Crippen molar-refractivity contribution in [2.75, 3.05) is 20.7 Å². The topological polar surface area (TPSA) is 92.9 Å². The number of methoxy groups -OCH3 is 1. The molecular weight excluding hydrogens is 252 g/mol. The summed E-state index contributed by atoms with van der Waals surface area (Å²) < 4.78 is 5.00. The van der Waals surface area contributed by atoms with E-state index in [2.05, 4.69) is 0 Å². The third-order valence-electron chi connectivity index (χ3n) is 2.51. The number of carbonyl (C=O) groups is 1. The average Bonchev–Trinajstić information content (AvgIpc) is 2.36. The maximum atomic E-state index is 12.1. The number of aliphatic hydroxyl groups excluding tert-OH is 1. The van der Waals surface area contributed by atoms with Gasteiger partial charge < -0.3 is 14.7 Å². The summed E-state index contributed by atoms with van der Waals surface area (Å²) in [6, 6.07) is 3.78. The number of ether oxygens (including phenoxy) is 1. The first-order valence-electron chi connectivity index (χ1n) is 5.62. The molecule has 0 heterocycles. The molecule has 0 aliphatic carbocycles. The van der Waals surface area contributed by atoms with Crippen LogP contribution in [0.15, 0.2) is 18.2 Å². The summed E-state index contributed by atoms with van der Waals surface area (Å²) in [5.41, 5.74) is 0.0721. The third-order valence-corrected chi connectivity index (χ3v) is 2.51. The van der Waals surface area contributed by atoms with Gasteiger partial charge in [-0.2, -0.15) is 0 Å². The van der Waals surface area contributed by atoms with Gasteiger partial charge in [-0.3, -0.25) is 14.9 Å². The fourth-order valence-electron chi connectivity index (χ4n) is 1.66. The Morgan fingerprint density at radius 1 is 1.58 bits per heavy atom. The highest BCUT2D eigenvalue weighted by Crippen LogP contribution is 2.25. The zero-order chi connectivity index (χ0) is 14.6. The number of hydrogen-bond acceptors (Lipinski definition) is 5. The lowest BCUT2D eigenvalue weighted by molar-refractivity contribution is -0.384. The molecule has 0 bridgehead atoms. The molecule has 1 rings (SSSR count). The lowest BCUT2D eigenvalue weighted by Gasteiger charge is -2.19. The molecule has 0 aliphatic rings. The van der Waals surface area contributed by atoms with E-state index in [0.29, 0.717) is 0 Å². The number of rotatable bonds is 5. The first-order chi connectivity index (χ1) is 8.86. The molecule has 1 N–H and O–H groups in total. The van der Waals surface area contributed by atoms with Gasteiger partial charge in [0.1, 0.15) is 5.75 Å². The second-order valence-corrected chi connectivity index (χ2v) is 4.18. The van der Waals surface area contributed by atoms with Crippen LogP contribution in [0.4, 0.5) is 5.69 Å². The van der Waals surface area contributed by atoms with E-state index in [1.165, 1.54) is 37.3 Å². The van der Waals surface area contributed by atoms with Gasteiger partial charge >= 0.3 is 0 Å². The van der Waals surface area contributed by atoms with Crippen molar-refractivity contribution in [2.45, 2.75) is 13.0 Å². The van der Waals surface area contributed by atoms with Gasteiger partial charge in [0.2, 0.25) is 0 Å². The van der Waals surface area contributed by atoms with E-state index in [9.17, 15) is 20.0 Å². The van der Waals surface area contributed by atoms with Crippen LogP contribution in [0.1, 0.15) is 17.3 Å². The van der Waals surface area contributed by atoms with E-state index in [0.717, 1.165) is 0 Å². The first-order valence-corrected chi connectivity index (χ1v) is 5.62. The Morgan fingerprint density at radius 3 is 2.68 bits per heavy atom. The van der Waals surface area contributed by atoms with Crippen LogP contribution in [0, 0.1) is 10.1 Å². The number of nitro benzene ring substituents is 1. The molecule has 0 aliphatic heterocycles. The second kappa shape index (κ2) is 6.14. The van der Waals surface area contributed by atoms with Crippen molar-refractivity contribution in [3.63, 3.8) is 0 Å². The molecule has 0 spiro atoms. The molecule has 1 amide bonds. The Kier molecular flexibility index (Phi) is 4.82. The SMILES string of the molecule is COc1cc([N+](=O)[O-])ccc1C(=O)N(C)CC(C)O. The van der Waals surface area contributed by atoms with Crippen LogP contribution in [0.2, 0.25) is 0 Å². The molecule has 19 heavy (non-hydrogen) atoms. The van der Waals surface area contributed by atoms with Gasteiger partial charge in [0.15, 0.2) is 0 Å². The van der Waals surface area contributed by atoms with Crippen LogP contribution in [-0.2, 0) is 0 Å². The number of nitrogens with zero attached hydrogens (tertiary/aromatic N) is 2. The second-order valence-electron chi connectivity index (χ2n) is 4.18. The summed E-state index contributed by atoms with van der Waals surface area (Å²) in [5.74, 6) is -0.232. The maximum Gasteiger partial charge on any atom is 0.273 e. The average molecular weight is 268 g/mol. The number of nitro groups is 1. The predicted molar refractivity (Wildman–Crippen MR) is 68.3 cm³/mol. The van der Waals surface area contributed by atoms with Crippen LogP contribution in [0.3, 0.4) is 0 Å². The van der Waals surface area contributed by atoms with E-state index in [-0.39, 0.29) is 29.5 Å². The van der Waals surface area contributed by atoms with Crippen LogP contribution < -0.4 is 4.74 Å². The van der Waals surface area contributed by atoms with Crippen LogP contribution in [0.5, 0.6) is 5.75 Å². The van der Waals surface area contributed by atoms with Gasteiger partial charge in [-0.05, 0) is 13.0 Å². The Labute approximate surface area is 110 Å². The number of likely N-dealkylation sites (N-methyl/N-ethyl adjacent to an activating group) is 1. The van der Waals surface area contributed by atoms with Gasteiger partial charge in [-0.15, -0.1) is 0 Å². The van der Waals surface area contributed by atoms with Crippen LogP contribution in [-0.4, -0.2) is 47.6 Å². The molecule has 1 aromatic carbocycles. The molecule has 1 atom stereocenters. The number of hydrogen-bond donors (Lipinski definition) is 1. The standard InChI is InChI=1S/C12H16N2O5/c1-8(15)7-13(2)12(16)10-5-4-9(14(17)18)6-11(10)19-3/h4-6,8,15H,7H2,1-3H3. The van der Waals surface area contributed by atoms with Crippen molar-refractivity contribution in [1.82, 2.24) is 4.90 Å². The molecule has 0 saturated heterocycles. The quantitative estimate of drug-likeness (QED) is 0.636. The van der Waals surface area contributed by atoms with Crippen LogP contribution in [0.25, 0.3) is 0 Å². The van der Waals surface area contributed by atoms with E-state index in [4.69, 9.17) is 4.74 Å². The van der Waals surface area contributed by atoms with Gasteiger partial charge in [0.25, 0.3) is 11.6 Å². The van der Waals surface area contributed by atoms with Crippen molar-refractivity contribution < 1.29 is 19.6 Å². The van der Waals surface area contributed by atoms with E-state index in [1.807, 2.05) is 0 Å². The van der Waals surface area contributed by atoms with Crippen LogP contribution >= 0.6 is 0 Å². The smallest absolute Gasteiger partial charge is 0.273 e. The third kappa shape index (κ3) is 3.65. The summed E-state index contributed by atoms with van der Waals surface area (Å²) in [4.78, 5) is 23.5. The Bertz CT molecular complexity index is 487. The monoisotopic (exact) mass is 268 g/mol. The Morgan fingerprint density at radius 2 is 2.21 bits per heavy atom. The first kappa shape index (κ1) is 14.9. The molecule has 7 heteroatoms. The van der Waals surface area contributed by atoms with Crippen molar-refractivity contribution in [1.29, 1.82) is 0 Å². The zero-order valence-electron chi connectivity index (χ0n) is 11.0. The maximum absolute atomic E-state index is 12.1. The van der Waals surface area contributed by atoms with Crippen molar-refractivity contribution in [2.24, 2.45) is 0 Å². The molecule has 1 aromatic rings. The molecule has 0 aromatic heterocycles. The summed E-state index contributed by atoms with van der Waals surface area (Å²) in [6.45, 7) is 1.73. The summed E-state index contributed by atoms with van der Waals surface area (Å²) in [7, 11) is 2.88. The molecule has 1 unspecified atom stereocenters. The molecule has 0 radical (unpaired) electrons. The lowest BCUT2D eigenvalue weighted by atomic mass is 10.1. The molecule has 0 fully saturated rings. The minimum absolute atomic E-state index is 0.136. The Balaban J connectivity index is 3.06. The largest absolute Gasteiger partial charge is 0.496 e. The number of amides is 1. The minimum atomic E-state index is -0.655. The molecular formula is C12H16N2O5.